The minimum atomic E-state index is 0.481. The molecular weight excluding hydrogens is 258 g/mol. The number of halogens is 1. The lowest BCUT2D eigenvalue weighted by atomic mass is 10.1. The Kier molecular flexibility index (Phi) is 4.09. The number of aryl methyl sites for hydroxylation is 2. The maximum atomic E-state index is 8.74. The number of nitriles is 1. The van der Waals surface area contributed by atoms with Gasteiger partial charge in [0.15, 0.2) is 0 Å². The van der Waals surface area contributed by atoms with Gasteiger partial charge in [-0.1, -0.05) is 23.7 Å². The van der Waals surface area contributed by atoms with Gasteiger partial charge in [-0.15, -0.1) is 0 Å². The van der Waals surface area contributed by atoms with Gasteiger partial charge >= 0.3 is 0 Å². The summed E-state index contributed by atoms with van der Waals surface area (Å²) in [6.07, 6.45) is 0. The molecule has 0 aliphatic heterocycles. The highest BCUT2D eigenvalue weighted by atomic mass is 35.5. The molecule has 0 N–H and O–H groups in total. The van der Waals surface area contributed by atoms with Crippen LogP contribution in [-0.2, 0) is 6.61 Å². The summed E-state index contributed by atoms with van der Waals surface area (Å²) in [5.74, 6) is 0.869. The summed E-state index contributed by atoms with van der Waals surface area (Å²) < 4.78 is 5.84. The standard InChI is InChI=1S/C16H14ClNO/c1-11-7-15(17)8-12(2)16(11)19-10-14-5-3-13(9-18)4-6-14/h3-8H,10H2,1-2H3. The van der Waals surface area contributed by atoms with Crippen LogP contribution in [0.3, 0.4) is 0 Å². The van der Waals surface area contributed by atoms with Crippen LogP contribution in [0.25, 0.3) is 0 Å². The molecule has 2 rings (SSSR count). The molecule has 2 nitrogen and oxygen atoms in total. The predicted octanol–water partition coefficient (Wildman–Crippen LogP) is 4.41. The molecule has 2 aromatic carbocycles. The molecule has 0 spiro atoms. The van der Waals surface area contributed by atoms with E-state index in [1.807, 2.05) is 38.1 Å². The van der Waals surface area contributed by atoms with E-state index in [0.717, 1.165) is 27.5 Å². The molecule has 0 aliphatic rings. The van der Waals surface area contributed by atoms with Crippen molar-refractivity contribution in [2.45, 2.75) is 20.5 Å². The first-order valence-electron chi connectivity index (χ1n) is 5.99. The van der Waals surface area contributed by atoms with Gasteiger partial charge in [-0.2, -0.15) is 5.26 Å². The van der Waals surface area contributed by atoms with E-state index >= 15 is 0 Å². The van der Waals surface area contributed by atoms with Crippen LogP contribution >= 0.6 is 11.6 Å². The molecule has 0 atom stereocenters. The lowest BCUT2D eigenvalue weighted by molar-refractivity contribution is 0.302. The summed E-state index contributed by atoms with van der Waals surface area (Å²) in [7, 11) is 0. The van der Waals surface area contributed by atoms with E-state index < -0.39 is 0 Å². The number of hydrogen-bond acceptors (Lipinski definition) is 2. The monoisotopic (exact) mass is 271 g/mol. The zero-order chi connectivity index (χ0) is 13.8. The molecule has 19 heavy (non-hydrogen) atoms. The van der Waals surface area contributed by atoms with Crippen LogP contribution in [0, 0.1) is 25.2 Å². The molecule has 0 radical (unpaired) electrons. The van der Waals surface area contributed by atoms with Crippen molar-refractivity contribution in [1.82, 2.24) is 0 Å². The first-order valence-corrected chi connectivity index (χ1v) is 6.36. The van der Waals surface area contributed by atoms with E-state index in [9.17, 15) is 0 Å². The van der Waals surface area contributed by atoms with E-state index in [1.54, 1.807) is 12.1 Å². The van der Waals surface area contributed by atoms with Gasteiger partial charge in [0.1, 0.15) is 12.4 Å². The molecule has 0 unspecified atom stereocenters. The van der Waals surface area contributed by atoms with Gasteiger partial charge in [0, 0.05) is 5.02 Å². The number of ether oxygens (including phenoxy) is 1. The summed E-state index contributed by atoms with van der Waals surface area (Å²) >= 11 is 5.99. The molecule has 0 heterocycles. The summed E-state index contributed by atoms with van der Waals surface area (Å²) in [5.41, 5.74) is 3.74. The minimum Gasteiger partial charge on any atom is -0.488 e. The summed E-state index contributed by atoms with van der Waals surface area (Å²) in [6.45, 7) is 4.44. The second-order valence-electron chi connectivity index (χ2n) is 4.47. The fraction of sp³-hybridized carbons (Fsp3) is 0.188. The van der Waals surface area contributed by atoms with Gasteiger partial charge in [-0.05, 0) is 54.8 Å². The lowest BCUT2D eigenvalue weighted by Gasteiger charge is -2.12. The maximum Gasteiger partial charge on any atom is 0.125 e. The number of benzene rings is 2. The molecule has 0 bridgehead atoms. The molecule has 0 aliphatic carbocycles. The molecule has 3 heteroatoms. The highest BCUT2D eigenvalue weighted by Crippen LogP contribution is 2.27. The third kappa shape index (κ3) is 3.27. The van der Waals surface area contributed by atoms with E-state index in [2.05, 4.69) is 6.07 Å². The van der Waals surface area contributed by atoms with Crippen LogP contribution in [0.4, 0.5) is 0 Å². The second kappa shape index (κ2) is 5.77. The zero-order valence-corrected chi connectivity index (χ0v) is 11.7. The molecule has 0 saturated carbocycles. The summed E-state index contributed by atoms with van der Waals surface area (Å²) in [6, 6.07) is 13.3. The van der Waals surface area contributed by atoms with Crippen LogP contribution in [0.15, 0.2) is 36.4 Å². The van der Waals surface area contributed by atoms with Crippen molar-refractivity contribution in [2.75, 3.05) is 0 Å². The Morgan fingerprint density at radius 1 is 1.11 bits per heavy atom. The van der Waals surface area contributed by atoms with E-state index in [0.29, 0.717) is 12.2 Å². The van der Waals surface area contributed by atoms with Gasteiger partial charge in [0.05, 0.1) is 11.6 Å². The van der Waals surface area contributed by atoms with Gasteiger partial charge in [-0.3, -0.25) is 0 Å². The summed E-state index contributed by atoms with van der Waals surface area (Å²) in [4.78, 5) is 0. The zero-order valence-electron chi connectivity index (χ0n) is 10.9. The number of nitrogens with zero attached hydrogens (tertiary/aromatic N) is 1. The first kappa shape index (κ1) is 13.5. The molecule has 0 saturated heterocycles. The Labute approximate surface area is 118 Å². The van der Waals surface area contributed by atoms with Crippen LogP contribution in [0.1, 0.15) is 22.3 Å². The molecule has 0 amide bonds. The van der Waals surface area contributed by atoms with Crippen molar-refractivity contribution in [1.29, 1.82) is 5.26 Å². The van der Waals surface area contributed by atoms with Crippen LogP contribution in [0.2, 0.25) is 5.02 Å². The van der Waals surface area contributed by atoms with Crippen molar-refractivity contribution in [3.8, 4) is 11.8 Å². The number of hydrogen-bond donors (Lipinski definition) is 0. The summed E-state index contributed by atoms with van der Waals surface area (Å²) in [5, 5.41) is 9.46. The van der Waals surface area contributed by atoms with Crippen molar-refractivity contribution in [3.05, 3.63) is 63.7 Å². The second-order valence-corrected chi connectivity index (χ2v) is 4.90. The molecule has 0 fully saturated rings. The van der Waals surface area contributed by atoms with Gasteiger partial charge in [0.2, 0.25) is 0 Å². The SMILES string of the molecule is Cc1cc(Cl)cc(C)c1OCc1ccc(C#N)cc1. The largest absolute Gasteiger partial charge is 0.488 e. The first-order chi connectivity index (χ1) is 9.10. The fourth-order valence-electron chi connectivity index (χ4n) is 1.96. The van der Waals surface area contributed by atoms with Crippen molar-refractivity contribution >= 4 is 11.6 Å². The molecule has 96 valence electrons. The highest BCUT2D eigenvalue weighted by Gasteiger charge is 2.06. The quantitative estimate of drug-likeness (QED) is 0.828. The van der Waals surface area contributed by atoms with E-state index in [-0.39, 0.29) is 0 Å². The van der Waals surface area contributed by atoms with Crippen LogP contribution < -0.4 is 4.74 Å². The minimum absolute atomic E-state index is 0.481. The third-order valence-electron chi connectivity index (χ3n) is 2.89. The van der Waals surface area contributed by atoms with Crippen molar-refractivity contribution in [3.63, 3.8) is 0 Å². The van der Waals surface area contributed by atoms with Gasteiger partial charge in [0.25, 0.3) is 0 Å². The van der Waals surface area contributed by atoms with Gasteiger partial charge < -0.3 is 4.74 Å². The molecular formula is C16H14ClNO. The Morgan fingerprint density at radius 3 is 2.21 bits per heavy atom. The molecule has 2 aromatic rings. The van der Waals surface area contributed by atoms with Crippen molar-refractivity contribution < 1.29 is 4.74 Å². The van der Waals surface area contributed by atoms with Gasteiger partial charge in [-0.25, -0.2) is 0 Å². The Bertz CT molecular complexity index is 603. The smallest absolute Gasteiger partial charge is 0.125 e. The Balaban J connectivity index is 2.12. The highest BCUT2D eigenvalue weighted by molar-refractivity contribution is 6.30. The lowest BCUT2D eigenvalue weighted by Crippen LogP contribution is -1.99. The third-order valence-corrected chi connectivity index (χ3v) is 3.11. The van der Waals surface area contributed by atoms with E-state index in [1.165, 1.54) is 0 Å². The van der Waals surface area contributed by atoms with Crippen LogP contribution in [-0.4, -0.2) is 0 Å². The topological polar surface area (TPSA) is 33.0 Å². The maximum absolute atomic E-state index is 8.74. The average Bonchev–Trinajstić information content (AvgIpc) is 2.38. The van der Waals surface area contributed by atoms with Crippen LogP contribution in [0.5, 0.6) is 5.75 Å². The molecule has 0 aromatic heterocycles. The Morgan fingerprint density at radius 2 is 1.68 bits per heavy atom. The number of rotatable bonds is 3. The van der Waals surface area contributed by atoms with Crippen molar-refractivity contribution in [2.24, 2.45) is 0 Å². The van der Waals surface area contributed by atoms with E-state index in [4.69, 9.17) is 21.6 Å². The predicted molar refractivity (Wildman–Crippen MR) is 76.4 cm³/mol. The fourth-order valence-corrected chi connectivity index (χ4v) is 2.28. The average molecular weight is 272 g/mol. The normalized spacial score (nSPS) is 10.0. The Hall–Kier alpha value is -1.98.